The molecule has 0 saturated heterocycles. The van der Waals surface area contributed by atoms with Crippen molar-refractivity contribution < 1.29 is 13.2 Å². The molecule has 2 aromatic carbocycles. The second kappa shape index (κ2) is 7.26. The van der Waals surface area contributed by atoms with Gasteiger partial charge in [-0.3, -0.25) is 4.72 Å². The number of methoxy groups -OCH3 is 1. The molecule has 0 amide bonds. The minimum Gasteiger partial charge on any atom is -0.496 e. The smallest absolute Gasteiger partial charge is 0.263 e. The SMILES string of the molecule is COc1cc(NS(=O)(=O)c2ccccc2Cl)ccc1-c1cnc2ccnn2c1N. The van der Waals surface area contributed by atoms with Crippen LogP contribution in [0.5, 0.6) is 5.75 Å². The number of benzene rings is 2. The fourth-order valence-corrected chi connectivity index (χ4v) is 4.52. The lowest BCUT2D eigenvalue weighted by Gasteiger charge is -2.14. The molecule has 8 nitrogen and oxygen atoms in total. The molecule has 148 valence electrons. The molecule has 4 aromatic rings. The Morgan fingerprint density at radius 1 is 1.14 bits per heavy atom. The topological polar surface area (TPSA) is 112 Å². The Bertz CT molecular complexity index is 1320. The summed E-state index contributed by atoms with van der Waals surface area (Å²) in [6.45, 7) is 0. The summed E-state index contributed by atoms with van der Waals surface area (Å²) in [5.41, 5.74) is 8.43. The summed E-state index contributed by atoms with van der Waals surface area (Å²) in [4.78, 5) is 4.31. The molecule has 29 heavy (non-hydrogen) atoms. The molecule has 0 unspecified atom stereocenters. The van der Waals surface area contributed by atoms with Gasteiger partial charge in [0.2, 0.25) is 0 Å². The number of nitrogens with zero attached hydrogens (tertiary/aromatic N) is 3. The molecule has 10 heteroatoms. The Labute approximate surface area is 172 Å². The summed E-state index contributed by atoms with van der Waals surface area (Å²) in [6, 6.07) is 12.8. The Balaban J connectivity index is 1.73. The lowest BCUT2D eigenvalue weighted by molar-refractivity contribution is 0.416. The predicted octanol–water partition coefficient (Wildman–Crippen LogP) is 3.44. The number of ether oxygens (including phenoxy) is 1. The van der Waals surface area contributed by atoms with Crippen molar-refractivity contribution in [3.63, 3.8) is 0 Å². The molecule has 0 radical (unpaired) electrons. The van der Waals surface area contributed by atoms with Crippen molar-refractivity contribution in [1.29, 1.82) is 0 Å². The maximum absolute atomic E-state index is 12.7. The van der Waals surface area contributed by atoms with Crippen LogP contribution in [0.4, 0.5) is 11.5 Å². The third kappa shape index (κ3) is 3.45. The van der Waals surface area contributed by atoms with Crippen molar-refractivity contribution >= 4 is 38.8 Å². The molecule has 0 aliphatic carbocycles. The molecule has 0 bridgehead atoms. The average Bonchev–Trinajstić information content (AvgIpc) is 3.18. The molecule has 2 aromatic heterocycles. The van der Waals surface area contributed by atoms with Gasteiger partial charge in [0.1, 0.15) is 16.5 Å². The lowest BCUT2D eigenvalue weighted by atomic mass is 10.1. The number of nitrogens with two attached hydrogens (primary N) is 1. The van der Waals surface area contributed by atoms with E-state index >= 15 is 0 Å². The van der Waals surface area contributed by atoms with Crippen LogP contribution in [0, 0.1) is 0 Å². The first kappa shape index (κ1) is 19.0. The van der Waals surface area contributed by atoms with Crippen LogP contribution < -0.4 is 15.2 Å². The highest BCUT2D eigenvalue weighted by molar-refractivity contribution is 7.92. The van der Waals surface area contributed by atoms with Gasteiger partial charge >= 0.3 is 0 Å². The number of hydrogen-bond acceptors (Lipinski definition) is 6. The second-order valence-corrected chi connectivity index (χ2v) is 8.17. The Morgan fingerprint density at radius 3 is 2.69 bits per heavy atom. The fraction of sp³-hybridized carbons (Fsp3) is 0.0526. The summed E-state index contributed by atoms with van der Waals surface area (Å²) in [6.07, 6.45) is 3.23. The van der Waals surface area contributed by atoms with E-state index in [0.717, 1.165) is 0 Å². The maximum atomic E-state index is 12.7. The second-order valence-electron chi connectivity index (χ2n) is 6.11. The van der Waals surface area contributed by atoms with E-state index in [1.807, 2.05) is 0 Å². The zero-order valence-electron chi connectivity index (χ0n) is 15.2. The van der Waals surface area contributed by atoms with Crippen molar-refractivity contribution in [2.45, 2.75) is 4.90 Å². The van der Waals surface area contributed by atoms with Gasteiger partial charge < -0.3 is 10.5 Å². The van der Waals surface area contributed by atoms with Crippen LogP contribution in [-0.4, -0.2) is 30.1 Å². The zero-order chi connectivity index (χ0) is 20.6. The number of anilines is 2. The highest BCUT2D eigenvalue weighted by Gasteiger charge is 2.19. The molecule has 0 atom stereocenters. The van der Waals surface area contributed by atoms with Crippen molar-refractivity contribution in [3.8, 4) is 16.9 Å². The third-order valence-electron chi connectivity index (χ3n) is 4.32. The predicted molar refractivity (Wildman–Crippen MR) is 112 cm³/mol. The lowest BCUT2D eigenvalue weighted by Crippen LogP contribution is -2.13. The first-order valence-corrected chi connectivity index (χ1v) is 10.3. The van der Waals surface area contributed by atoms with Gasteiger partial charge in [-0.25, -0.2) is 13.4 Å². The Kier molecular flexibility index (Phi) is 4.77. The number of aromatic nitrogens is 3. The van der Waals surface area contributed by atoms with Gasteiger partial charge in [0.05, 0.1) is 24.0 Å². The number of halogens is 1. The number of nitrogen functional groups attached to an aromatic ring is 1. The minimum absolute atomic E-state index is 0.0118. The van der Waals surface area contributed by atoms with Crippen molar-refractivity contribution in [3.05, 3.63) is 65.9 Å². The van der Waals surface area contributed by atoms with Gasteiger partial charge in [0.25, 0.3) is 10.0 Å². The first-order valence-electron chi connectivity index (χ1n) is 8.44. The zero-order valence-corrected chi connectivity index (χ0v) is 16.8. The van der Waals surface area contributed by atoms with Crippen LogP contribution in [0.1, 0.15) is 0 Å². The van der Waals surface area contributed by atoms with E-state index < -0.39 is 10.0 Å². The third-order valence-corrected chi connectivity index (χ3v) is 6.20. The molecule has 2 heterocycles. The summed E-state index contributed by atoms with van der Waals surface area (Å²) >= 11 is 6.02. The average molecular weight is 430 g/mol. The number of rotatable bonds is 5. The minimum atomic E-state index is -3.86. The molecule has 4 rings (SSSR count). The molecule has 0 spiro atoms. The van der Waals surface area contributed by atoms with E-state index in [1.165, 1.54) is 23.8 Å². The van der Waals surface area contributed by atoms with E-state index in [2.05, 4.69) is 14.8 Å². The highest BCUT2D eigenvalue weighted by Crippen LogP contribution is 2.36. The van der Waals surface area contributed by atoms with Gasteiger partial charge in [0, 0.05) is 29.5 Å². The van der Waals surface area contributed by atoms with Gasteiger partial charge in [0.15, 0.2) is 5.65 Å². The van der Waals surface area contributed by atoms with Crippen molar-refractivity contribution in [2.24, 2.45) is 0 Å². The molecular formula is C19H16ClN5O3S. The number of fused-ring (bicyclic) bond motifs is 1. The standard InChI is InChI=1S/C19H16ClN5O3S/c1-28-16-10-12(24-29(26,27)17-5-3-2-4-15(17)20)6-7-13(16)14-11-22-18-8-9-23-25(18)19(14)21/h2-11,24H,21H2,1H3. The maximum Gasteiger partial charge on any atom is 0.263 e. The van der Waals surface area contributed by atoms with E-state index in [1.54, 1.807) is 48.8 Å². The van der Waals surface area contributed by atoms with Gasteiger partial charge in [-0.15, -0.1) is 0 Å². The van der Waals surface area contributed by atoms with Gasteiger partial charge in [-0.2, -0.15) is 9.61 Å². The number of hydrogen-bond donors (Lipinski definition) is 2. The molecule has 3 N–H and O–H groups in total. The normalized spacial score (nSPS) is 11.5. The summed E-state index contributed by atoms with van der Waals surface area (Å²) in [5.74, 6) is 0.812. The highest BCUT2D eigenvalue weighted by atomic mass is 35.5. The number of sulfonamides is 1. The summed E-state index contributed by atoms with van der Waals surface area (Å²) in [7, 11) is -2.38. The first-order chi connectivity index (χ1) is 13.9. The molecular weight excluding hydrogens is 414 g/mol. The molecule has 0 aliphatic heterocycles. The van der Waals surface area contributed by atoms with Gasteiger partial charge in [-0.1, -0.05) is 23.7 Å². The van der Waals surface area contributed by atoms with Crippen LogP contribution in [0.15, 0.2) is 65.8 Å². The van der Waals surface area contributed by atoms with Crippen LogP contribution in [-0.2, 0) is 10.0 Å². The van der Waals surface area contributed by atoms with Crippen LogP contribution in [0.3, 0.4) is 0 Å². The van der Waals surface area contributed by atoms with Crippen LogP contribution >= 0.6 is 11.6 Å². The quantitative estimate of drug-likeness (QED) is 0.502. The summed E-state index contributed by atoms with van der Waals surface area (Å²) < 4.78 is 34.8. The fourth-order valence-electron chi connectivity index (χ4n) is 2.95. The van der Waals surface area contributed by atoms with Crippen LogP contribution in [0.2, 0.25) is 5.02 Å². The van der Waals surface area contributed by atoms with E-state index in [4.69, 9.17) is 22.1 Å². The molecule has 0 saturated carbocycles. The van der Waals surface area contributed by atoms with Crippen LogP contribution in [0.25, 0.3) is 16.8 Å². The van der Waals surface area contributed by atoms with E-state index in [0.29, 0.717) is 34.0 Å². The molecule has 0 aliphatic rings. The molecule has 0 fully saturated rings. The number of nitrogens with one attached hydrogen (secondary N) is 1. The monoisotopic (exact) mass is 429 g/mol. The Hall–Kier alpha value is -3.30. The van der Waals surface area contributed by atoms with E-state index in [-0.39, 0.29) is 9.92 Å². The van der Waals surface area contributed by atoms with Gasteiger partial charge in [-0.05, 0) is 24.3 Å². The Morgan fingerprint density at radius 2 is 1.93 bits per heavy atom. The largest absolute Gasteiger partial charge is 0.496 e. The van der Waals surface area contributed by atoms with Crippen molar-refractivity contribution in [2.75, 3.05) is 17.6 Å². The van der Waals surface area contributed by atoms with Crippen molar-refractivity contribution in [1.82, 2.24) is 14.6 Å². The summed E-state index contributed by atoms with van der Waals surface area (Å²) in [5, 5.41) is 4.29. The van der Waals surface area contributed by atoms with E-state index in [9.17, 15) is 8.42 Å².